The second-order valence-corrected chi connectivity index (χ2v) is 11.1. The Balaban J connectivity index is 1.50. The molecular weight excluding hydrogens is 572 g/mol. The van der Waals surface area contributed by atoms with Gasteiger partial charge in [-0.25, -0.2) is 0 Å². The van der Waals surface area contributed by atoms with Gasteiger partial charge >= 0.3 is 0 Å². The maximum absolute atomic E-state index is 11.1. The molecule has 1 aliphatic carbocycles. The summed E-state index contributed by atoms with van der Waals surface area (Å²) < 4.78 is 34.2. The van der Waals surface area contributed by atoms with E-state index in [4.69, 9.17) is 51.4 Å². The summed E-state index contributed by atoms with van der Waals surface area (Å²) in [5.41, 5.74) is 23.7. The lowest BCUT2D eigenvalue weighted by molar-refractivity contribution is -0.315. The van der Waals surface area contributed by atoms with Gasteiger partial charge in [-0.3, -0.25) is 0 Å². The van der Waals surface area contributed by atoms with E-state index in [1.165, 1.54) is 0 Å². The molecule has 3 saturated heterocycles. The molecule has 19 nitrogen and oxygen atoms in total. The number of aliphatic hydroxyl groups is 9. The second-order valence-electron chi connectivity index (χ2n) is 11.1. The number of rotatable bonds is 9. The smallest absolute Gasteiger partial charge is 0.187 e. The van der Waals surface area contributed by atoms with Crippen LogP contribution in [-0.4, -0.2) is 182 Å². The lowest BCUT2D eigenvalue weighted by Crippen LogP contribution is -2.67. The fourth-order valence-corrected chi connectivity index (χ4v) is 5.64. The molecule has 19 atom stereocenters. The van der Waals surface area contributed by atoms with Gasteiger partial charge in [0.2, 0.25) is 0 Å². The van der Waals surface area contributed by atoms with E-state index >= 15 is 0 Å². The van der Waals surface area contributed by atoms with Crippen molar-refractivity contribution < 1.29 is 74.4 Å². The summed E-state index contributed by atoms with van der Waals surface area (Å²) in [6.07, 6.45) is -22.9. The van der Waals surface area contributed by atoms with Crippen molar-refractivity contribution in [2.24, 2.45) is 22.9 Å². The van der Waals surface area contributed by atoms with Gasteiger partial charge in [0.25, 0.3) is 0 Å². The van der Waals surface area contributed by atoms with Crippen LogP contribution in [0, 0.1) is 0 Å². The first-order valence-corrected chi connectivity index (χ1v) is 13.7. The third kappa shape index (κ3) is 6.60. The summed E-state index contributed by atoms with van der Waals surface area (Å²) in [5, 5.41) is 92.5. The van der Waals surface area contributed by atoms with E-state index in [1.54, 1.807) is 0 Å². The number of hydrogen-bond acceptors (Lipinski definition) is 19. The summed E-state index contributed by atoms with van der Waals surface area (Å²) in [6, 6.07) is -3.58. The van der Waals surface area contributed by atoms with Crippen LogP contribution >= 0.6 is 0 Å². The average Bonchev–Trinajstić information content (AvgIpc) is 3.27. The fourth-order valence-electron chi connectivity index (χ4n) is 5.64. The first kappa shape index (κ1) is 34.1. The zero-order valence-electron chi connectivity index (χ0n) is 22.6. The van der Waals surface area contributed by atoms with Gasteiger partial charge in [-0.1, -0.05) is 0 Å². The first-order chi connectivity index (χ1) is 19.8. The van der Waals surface area contributed by atoms with Crippen LogP contribution < -0.4 is 22.9 Å². The lowest BCUT2D eigenvalue weighted by Gasteiger charge is -2.46. The van der Waals surface area contributed by atoms with Gasteiger partial charge in [-0.2, -0.15) is 0 Å². The summed E-state index contributed by atoms with van der Waals surface area (Å²) in [6.45, 7) is -1.54. The normalized spacial score (nSPS) is 53.8. The van der Waals surface area contributed by atoms with Crippen molar-refractivity contribution in [2.45, 2.75) is 123 Å². The monoisotopic (exact) mass is 616 g/mol. The minimum absolute atomic E-state index is 0.158. The molecule has 42 heavy (non-hydrogen) atoms. The highest BCUT2D eigenvalue weighted by molar-refractivity contribution is 5.01. The third-order valence-electron chi connectivity index (χ3n) is 8.24. The summed E-state index contributed by atoms with van der Waals surface area (Å²) in [4.78, 5) is 0. The van der Waals surface area contributed by atoms with E-state index in [9.17, 15) is 46.0 Å². The van der Waals surface area contributed by atoms with Gasteiger partial charge in [-0.15, -0.1) is 0 Å². The fraction of sp³-hybridized carbons (Fsp3) is 1.00. The molecule has 0 aromatic rings. The molecule has 3 aliphatic heterocycles. The lowest BCUT2D eigenvalue weighted by atomic mass is 9.85. The number of nitrogens with two attached hydrogens (primary N) is 4. The molecule has 4 rings (SSSR count). The Hall–Kier alpha value is -0.760. The molecule has 0 spiro atoms. The van der Waals surface area contributed by atoms with Crippen LogP contribution in [0.15, 0.2) is 0 Å². The van der Waals surface area contributed by atoms with Gasteiger partial charge in [0, 0.05) is 12.6 Å². The predicted octanol–water partition coefficient (Wildman–Crippen LogP) is -8.83. The Labute approximate surface area is 240 Å². The summed E-state index contributed by atoms with van der Waals surface area (Å²) in [7, 11) is 0. The Bertz CT molecular complexity index is 865. The molecule has 0 aromatic heterocycles. The van der Waals surface area contributed by atoms with Gasteiger partial charge in [-0.05, 0) is 6.42 Å². The molecule has 1 saturated carbocycles. The standard InChI is InChI=1S/C23H44N4O15/c24-2-7-13(32)15(34)10(26)21(37-7)41-19-9(4-29)39-23(17(19)36)42-20-12(31)6(30)1-5(25)18(20)40-22-11(27)16(35)14(33)8(3-28)38-22/h5-23,28-36H,1-4,24-27H2/t5-,6+,7-,8-,9-,10+,11-,12-,13-,14-,15-,16+,17+,18-,19-,20+,21-,22-,23+/m0/s1. The van der Waals surface area contributed by atoms with Crippen molar-refractivity contribution in [3.05, 3.63) is 0 Å². The van der Waals surface area contributed by atoms with E-state index in [-0.39, 0.29) is 13.0 Å². The molecule has 4 aliphatic rings. The Morgan fingerprint density at radius 2 is 1.02 bits per heavy atom. The molecule has 0 aromatic carbocycles. The Morgan fingerprint density at radius 3 is 1.57 bits per heavy atom. The molecule has 246 valence electrons. The van der Waals surface area contributed by atoms with E-state index in [1.807, 2.05) is 0 Å². The molecular formula is C23H44N4O15. The average molecular weight is 617 g/mol. The quantitative estimate of drug-likeness (QED) is 0.114. The zero-order valence-corrected chi connectivity index (χ0v) is 22.6. The van der Waals surface area contributed by atoms with Crippen LogP contribution in [-0.2, 0) is 28.4 Å². The van der Waals surface area contributed by atoms with Crippen LogP contribution in [0.25, 0.3) is 0 Å². The van der Waals surface area contributed by atoms with E-state index < -0.39 is 130 Å². The molecule has 0 unspecified atom stereocenters. The Kier molecular flexibility index (Phi) is 11.5. The van der Waals surface area contributed by atoms with Gasteiger partial charge in [0.1, 0.15) is 73.2 Å². The van der Waals surface area contributed by atoms with E-state index in [2.05, 4.69) is 0 Å². The number of aliphatic hydroxyl groups excluding tert-OH is 9. The minimum atomic E-state index is -1.66. The van der Waals surface area contributed by atoms with Crippen LogP contribution in [0.1, 0.15) is 6.42 Å². The SMILES string of the molecule is NC[C@@H]1O[C@@H](O[C@@H]2[C@@H](O)[C@@H](O[C@@H]3[C@@H](O)[C@H](O)C[C@H](N)[C@@H]3O[C@@H]3O[C@@H](CO)[C@H](O)[C@H](O)[C@@H]3N)O[C@H]2CO)[C@H](N)[C@H](O)[C@H]1O. The maximum Gasteiger partial charge on any atom is 0.187 e. The highest BCUT2D eigenvalue weighted by Crippen LogP contribution is 2.34. The molecule has 19 heteroatoms. The summed E-state index contributed by atoms with van der Waals surface area (Å²) >= 11 is 0. The van der Waals surface area contributed by atoms with E-state index in [0.29, 0.717) is 0 Å². The highest BCUT2D eigenvalue weighted by atomic mass is 16.8. The maximum atomic E-state index is 11.1. The minimum Gasteiger partial charge on any atom is -0.394 e. The number of hydrogen-bond donors (Lipinski definition) is 13. The van der Waals surface area contributed by atoms with Gasteiger partial charge in [0.05, 0.1) is 31.4 Å². The second kappa shape index (κ2) is 14.1. The molecule has 17 N–H and O–H groups in total. The van der Waals surface area contributed by atoms with E-state index in [0.717, 1.165) is 0 Å². The first-order valence-electron chi connectivity index (χ1n) is 13.7. The van der Waals surface area contributed by atoms with Gasteiger partial charge in [0.15, 0.2) is 18.9 Å². The summed E-state index contributed by atoms with van der Waals surface area (Å²) in [5.74, 6) is 0. The van der Waals surface area contributed by atoms with Crippen molar-refractivity contribution in [3.63, 3.8) is 0 Å². The molecule has 0 bridgehead atoms. The van der Waals surface area contributed by atoms with Crippen LogP contribution in [0.5, 0.6) is 0 Å². The molecule has 3 heterocycles. The third-order valence-corrected chi connectivity index (χ3v) is 8.24. The number of ether oxygens (including phenoxy) is 6. The van der Waals surface area contributed by atoms with Crippen molar-refractivity contribution >= 4 is 0 Å². The molecule has 0 radical (unpaired) electrons. The topological polar surface area (TPSA) is 342 Å². The van der Waals surface area contributed by atoms with Crippen molar-refractivity contribution in [1.29, 1.82) is 0 Å². The predicted molar refractivity (Wildman–Crippen MR) is 134 cm³/mol. The zero-order chi connectivity index (χ0) is 31.0. The molecule has 4 fully saturated rings. The Morgan fingerprint density at radius 1 is 0.548 bits per heavy atom. The van der Waals surface area contributed by atoms with Crippen LogP contribution in [0.4, 0.5) is 0 Å². The highest BCUT2D eigenvalue weighted by Gasteiger charge is 2.54. The van der Waals surface area contributed by atoms with Crippen LogP contribution in [0.2, 0.25) is 0 Å². The molecule has 0 amide bonds. The van der Waals surface area contributed by atoms with Gasteiger partial charge < -0.3 is 97.3 Å². The van der Waals surface area contributed by atoms with Crippen molar-refractivity contribution in [1.82, 2.24) is 0 Å². The van der Waals surface area contributed by atoms with Crippen LogP contribution in [0.3, 0.4) is 0 Å². The largest absolute Gasteiger partial charge is 0.394 e. The van der Waals surface area contributed by atoms with Crippen molar-refractivity contribution in [2.75, 3.05) is 19.8 Å². The van der Waals surface area contributed by atoms with Crippen molar-refractivity contribution in [3.8, 4) is 0 Å².